The van der Waals surface area contributed by atoms with Crippen molar-refractivity contribution in [2.24, 2.45) is 0 Å². The monoisotopic (exact) mass is 310 g/mol. The molecule has 2 amide bonds. The van der Waals surface area contributed by atoms with Gasteiger partial charge in [-0.05, 0) is 6.42 Å². The lowest BCUT2D eigenvalue weighted by molar-refractivity contribution is -0.139. The summed E-state index contributed by atoms with van der Waals surface area (Å²) < 4.78 is 0. The molecule has 0 aliphatic heterocycles. The molecule has 0 saturated heterocycles. The van der Waals surface area contributed by atoms with Gasteiger partial charge in [0.25, 0.3) is 0 Å². The Morgan fingerprint density at radius 1 is 1.48 bits per heavy atom. The van der Waals surface area contributed by atoms with Crippen LogP contribution in [0.2, 0.25) is 0 Å². The van der Waals surface area contributed by atoms with E-state index in [2.05, 4.69) is 30.8 Å². The quantitative estimate of drug-likeness (QED) is 0.619. The van der Waals surface area contributed by atoms with Crippen LogP contribution < -0.4 is 10.6 Å². The van der Waals surface area contributed by atoms with Crippen LogP contribution in [0, 0.1) is 0 Å². The second-order valence-electron chi connectivity index (χ2n) is 4.12. The lowest BCUT2D eigenvalue weighted by Gasteiger charge is -2.13. The number of carbonyl (C=O) groups is 2. The summed E-state index contributed by atoms with van der Waals surface area (Å²) in [4.78, 5) is 29.5. The number of anilines is 1. The molecule has 0 spiro atoms. The Balaban J connectivity index is 1.93. The SMILES string of the molecule is CCc1nnc(NC(=O)N[C@@H](Cc2cnc[nH]2)C(=O)O)s1. The first-order valence-corrected chi connectivity index (χ1v) is 7.00. The average molecular weight is 310 g/mol. The molecule has 9 nitrogen and oxygen atoms in total. The number of nitrogens with zero attached hydrogens (tertiary/aromatic N) is 3. The molecule has 2 rings (SSSR count). The molecule has 0 unspecified atom stereocenters. The second-order valence-corrected chi connectivity index (χ2v) is 5.19. The largest absolute Gasteiger partial charge is 0.480 e. The van der Waals surface area contributed by atoms with E-state index in [0.717, 1.165) is 11.4 Å². The topological polar surface area (TPSA) is 133 Å². The van der Waals surface area contributed by atoms with Crippen LogP contribution in [0.4, 0.5) is 9.93 Å². The summed E-state index contributed by atoms with van der Waals surface area (Å²) in [6, 6.07) is -1.70. The molecule has 21 heavy (non-hydrogen) atoms. The van der Waals surface area contributed by atoms with Gasteiger partial charge in [-0.2, -0.15) is 0 Å². The summed E-state index contributed by atoms with van der Waals surface area (Å²) in [7, 11) is 0. The van der Waals surface area contributed by atoms with E-state index < -0.39 is 18.0 Å². The lowest BCUT2D eigenvalue weighted by Crippen LogP contribution is -2.44. The molecule has 0 aliphatic rings. The van der Waals surface area contributed by atoms with E-state index >= 15 is 0 Å². The van der Waals surface area contributed by atoms with Gasteiger partial charge in [0.1, 0.15) is 11.0 Å². The van der Waals surface area contributed by atoms with E-state index in [1.54, 1.807) is 0 Å². The first-order chi connectivity index (χ1) is 10.1. The van der Waals surface area contributed by atoms with Crippen molar-refractivity contribution in [1.82, 2.24) is 25.5 Å². The fourth-order valence-corrected chi connectivity index (χ4v) is 2.23. The van der Waals surface area contributed by atoms with Gasteiger partial charge in [-0.15, -0.1) is 10.2 Å². The van der Waals surface area contributed by atoms with Gasteiger partial charge in [0, 0.05) is 18.3 Å². The molecule has 0 fully saturated rings. The number of aryl methyl sites for hydroxylation is 1. The van der Waals surface area contributed by atoms with Crippen molar-refractivity contribution in [3.8, 4) is 0 Å². The van der Waals surface area contributed by atoms with Crippen molar-refractivity contribution < 1.29 is 14.7 Å². The van der Waals surface area contributed by atoms with Crippen LogP contribution in [0.25, 0.3) is 0 Å². The van der Waals surface area contributed by atoms with E-state index in [-0.39, 0.29) is 6.42 Å². The number of H-pyrrole nitrogens is 1. The van der Waals surface area contributed by atoms with Gasteiger partial charge >= 0.3 is 12.0 Å². The Bertz CT molecular complexity index is 611. The maximum atomic E-state index is 11.8. The Kier molecular flexibility index (Phi) is 4.82. The van der Waals surface area contributed by atoms with Crippen LogP contribution in [0.15, 0.2) is 12.5 Å². The number of amides is 2. The maximum Gasteiger partial charge on any atom is 0.326 e. The summed E-state index contributed by atoms with van der Waals surface area (Å²) >= 11 is 1.24. The molecule has 2 aromatic heterocycles. The molecule has 0 aliphatic carbocycles. The van der Waals surface area contributed by atoms with Crippen molar-refractivity contribution in [3.05, 3.63) is 23.2 Å². The number of carbonyl (C=O) groups excluding carboxylic acids is 1. The number of aliphatic carboxylic acids is 1. The highest BCUT2D eigenvalue weighted by atomic mass is 32.1. The first kappa shape index (κ1) is 14.9. The normalized spacial score (nSPS) is 11.9. The molecule has 0 bridgehead atoms. The van der Waals surface area contributed by atoms with Crippen LogP contribution in [-0.2, 0) is 17.6 Å². The Morgan fingerprint density at radius 2 is 2.29 bits per heavy atom. The van der Waals surface area contributed by atoms with Gasteiger partial charge in [-0.25, -0.2) is 14.6 Å². The minimum Gasteiger partial charge on any atom is -0.480 e. The molecular formula is C11H14N6O3S. The molecule has 2 aromatic rings. The highest BCUT2D eigenvalue weighted by molar-refractivity contribution is 7.15. The molecule has 1 atom stereocenters. The smallest absolute Gasteiger partial charge is 0.326 e. The fraction of sp³-hybridized carbons (Fsp3) is 0.364. The maximum absolute atomic E-state index is 11.8. The van der Waals surface area contributed by atoms with Gasteiger partial charge < -0.3 is 15.4 Å². The number of aromatic amines is 1. The zero-order valence-corrected chi connectivity index (χ0v) is 12.0. The third-order valence-electron chi connectivity index (χ3n) is 2.57. The zero-order valence-electron chi connectivity index (χ0n) is 11.2. The van der Waals surface area contributed by atoms with Crippen LogP contribution in [0.5, 0.6) is 0 Å². The molecule has 0 aromatic carbocycles. The van der Waals surface area contributed by atoms with Crippen molar-refractivity contribution in [2.45, 2.75) is 25.8 Å². The summed E-state index contributed by atoms with van der Waals surface area (Å²) in [6.45, 7) is 1.93. The van der Waals surface area contributed by atoms with Crippen molar-refractivity contribution in [2.75, 3.05) is 5.32 Å². The molecule has 0 saturated carbocycles. The number of hydrogen-bond acceptors (Lipinski definition) is 6. The lowest BCUT2D eigenvalue weighted by atomic mass is 10.2. The second kappa shape index (κ2) is 6.79. The van der Waals surface area contributed by atoms with Crippen LogP contribution in [0.1, 0.15) is 17.6 Å². The number of carboxylic acids is 1. The van der Waals surface area contributed by atoms with Gasteiger partial charge in [0.05, 0.1) is 6.33 Å². The number of imidazole rings is 1. The number of carboxylic acid groups (broad SMARTS) is 1. The van der Waals surface area contributed by atoms with Gasteiger partial charge in [0.15, 0.2) is 0 Å². The Hall–Kier alpha value is -2.49. The number of hydrogen-bond donors (Lipinski definition) is 4. The van der Waals surface area contributed by atoms with Gasteiger partial charge in [-0.3, -0.25) is 5.32 Å². The van der Waals surface area contributed by atoms with E-state index in [1.165, 1.54) is 23.9 Å². The molecule has 10 heteroatoms. The van der Waals surface area contributed by atoms with Crippen molar-refractivity contribution in [3.63, 3.8) is 0 Å². The minimum atomic E-state index is -1.13. The summed E-state index contributed by atoms with van der Waals surface area (Å²) in [5, 5.41) is 22.7. The number of aromatic nitrogens is 4. The highest BCUT2D eigenvalue weighted by Gasteiger charge is 2.21. The zero-order chi connectivity index (χ0) is 15.2. The van der Waals surface area contributed by atoms with Gasteiger partial charge in [0.2, 0.25) is 5.13 Å². The average Bonchev–Trinajstić information content (AvgIpc) is 3.09. The van der Waals surface area contributed by atoms with Gasteiger partial charge in [-0.1, -0.05) is 18.3 Å². The number of nitrogens with one attached hydrogen (secondary N) is 3. The van der Waals surface area contributed by atoms with Crippen molar-refractivity contribution >= 4 is 28.5 Å². The summed E-state index contributed by atoms with van der Waals surface area (Å²) in [5.41, 5.74) is 0.617. The van der Waals surface area contributed by atoms with Crippen LogP contribution in [-0.4, -0.2) is 43.3 Å². The molecule has 0 radical (unpaired) electrons. The Morgan fingerprint density at radius 3 is 2.86 bits per heavy atom. The van der Waals surface area contributed by atoms with E-state index in [1.807, 2.05) is 6.92 Å². The van der Waals surface area contributed by atoms with E-state index in [9.17, 15) is 9.59 Å². The summed E-state index contributed by atoms with van der Waals surface area (Å²) in [5.74, 6) is -1.13. The molecule has 112 valence electrons. The molecular weight excluding hydrogens is 296 g/mol. The number of rotatable bonds is 6. The molecule has 2 heterocycles. The predicted octanol–water partition coefficient (Wildman–Crippen LogP) is 0.641. The van der Waals surface area contributed by atoms with Crippen molar-refractivity contribution in [1.29, 1.82) is 0 Å². The van der Waals surface area contributed by atoms with E-state index in [0.29, 0.717) is 10.8 Å². The predicted molar refractivity (Wildman–Crippen MR) is 75.2 cm³/mol. The van der Waals surface area contributed by atoms with E-state index in [4.69, 9.17) is 5.11 Å². The van der Waals surface area contributed by atoms with Crippen LogP contribution >= 0.6 is 11.3 Å². The highest BCUT2D eigenvalue weighted by Crippen LogP contribution is 2.15. The third-order valence-corrected chi connectivity index (χ3v) is 3.56. The van der Waals surface area contributed by atoms with Crippen LogP contribution in [0.3, 0.4) is 0 Å². The number of urea groups is 1. The fourth-order valence-electron chi connectivity index (χ4n) is 1.55. The summed E-state index contributed by atoms with van der Waals surface area (Å²) in [6.07, 6.45) is 3.78. The molecule has 4 N–H and O–H groups in total. The standard InChI is InChI=1S/C11H14N6O3S/c1-2-8-16-17-11(21-8)15-10(20)14-7(9(18)19)3-6-4-12-5-13-6/h4-5,7H,2-3H2,1H3,(H,12,13)(H,18,19)(H2,14,15,17,20)/t7-/m0/s1. The third kappa shape index (κ3) is 4.24. The minimum absolute atomic E-state index is 0.110. The first-order valence-electron chi connectivity index (χ1n) is 6.18. The Labute approximate surface area is 123 Å².